The van der Waals surface area contributed by atoms with Crippen LogP contribution < -0.4 is 5.32 Å². The van der Waals surface area contributed by atoms with Gasteiger partial charge in [0.05, 0.1) is 0 Å². The van der Waals surface area contributed by atoms with E-state index in [-0.39, 0.29) is 0 Å². The van der Waals surface area contributed by atoms with Crippen molar-refractivity contribution in [2.45, 2.75) is 52.0 Å². The van der Waals surface area contributed by atoms with Gasteiger partial charge >= 0.3 is 0 Å². The molecule has 0 aromatic heterocycles. The number of nitrogens with one attached hydrogen (secondary N) is 1. The second-order valence-corrected chi connectivity index (χ2v) is 5.01. The summed E-state index contributed by atoms with van der Waals surface area (Å²) in [5, 5.41) is 3.37. The summed E-state index contributed by atoms with van der Waals surface area (Å²) in [5.41, 5.74) is 0.622. The Morgan fingerprint density at radius 3 is 2.44 bits per heavy atom. The van der Waals surface area contributed by atoms with Gasteiger partial charge in [-0.25, -0.2) is 8.78 Å². The summed E-state index contributed by atoms with van der Waals surface area (Å²) in [6.45, 7) is 5.32. The molecular weight excluding hydrogens is 232 g/mol. The number of unbranched alkanes of at least 4 members (excludes halogenated alkanes) is 3. The topological polar surface area (TPSA) is 12.0 Å². The molecule has 0 atom stereocenters. The zero-order valence-electron chi connectivity index (χ0n) is 11.3. The highest BCUT2D eigenvalue weighted by molar-refractivity contribution is 5.18. The zero-order chi connectivity index (χ0) is 13.4. The average molecular weight is 255 g/mol. The van der Waals surface area contributed by atoms with Crippen LogP contribution in [0.4, 0.5) is 8.78 Å². The SMILES string of the molecule is CC(C)NCCCCCCc1ccc(F)cc1F. The van der Waals surface area contributed by atoms with Gasteiger partial charge in [0.2, 0.25) is 0 Å². The van der Waals surface area contributed by atoms with Gasteiger partial charge < -0.3 is 5.32 Å². The van der Waals surface area contributed by atoms with E-state index < -0.39 is 11.6 Å². The number of hydrogen-bond donors (Lipinski definition) is 1. The van der Waals surface area contributed by atoms with E-state index >= 15 is 0 Å². The van der Waals surface area contributed by atoms with Crippen LogP contribution in [0.15, 0.2) is 18.2 Å². The first kappa shape index (κ1) is 15.1. The lowest BCUT2D eigenvalue weighted by atomic mass is 10.1. The molecule has 18 heavy (non-hydrogen) atoms. The zero-order valence-corrected chi connectivity index (χ0v) is 11.3. The van der Waals surface area contributed by atoms with Crippen LogP contribution in [0, 0.1) is 11.6 Å². The molecule has 0 aliphatic carbocycles. The summed E-state index contributed by atoms with van der Waals surface area (Å²) in [5.74, 6) is -0.924. The predicted octanol–water partition coefficient (Wildman–Crippen LogP) is 4.07. The fraction of sp³-hybridized carbons (Fsp3) is 0.600. The van der Waals surface area contributed by atoms with Crippen molar-refractivity contribution >= 4 is 0 Å². The van der Waals surface area contributed by atoms with E-state index in [2.05, 4.69) is 19.2 Å². The average Bonchev–Trinajstić information content (AvgIpc) is 2.30. The Morgan fingerprint density at radius 2 is 1.78 bits per heavy atom. The molecule has 3 heteroatoms. The molecule has 1 aromatic rings. The van der Waals surface area contributed by atoms with Crippen LogP contribution in [0.3, 0.4) is 0 Å². The molecule has 1 rings (SSSR count). The summed E-state index contributed by atoms with van der Waals surface area (Å²) in [4.78, 5) is 0. The number of benzene rings is 1. The number of halogens is 2. The van der Waals surface area contributed by atoms with Gasteiger partial charge in [-0.3, -0.25) is 0 Å². The molecule has 0 unspecified atom stereocenters. The summed E-state index contributed by atoms with van der Waals surface area (Å²) < 4.78 is 26.0. The van der Waals surface area contributed by atoms with Gasteiger partial charge in [0.25, 0.3) is 0 Å². The maximum atomic E-state index is 13.3. The normalized spacial score (nSPS) is 11.2. The van der Waals surface area contributed by atoms with E-state index in [0.29, 0.717) is 18.0 Å². The maximum absolute atomic E-state index is 13.3. The highest BCUT2D eigenvalue weighted by Crippen LogP contribution is 2.13. The minimum atomic E-state index is -0.504. The van der Waals surface area contributed by atoms with Crippen LogP contribution in [-0.2, 0) is 6.42 Å². The van der Waals surface area contributed by atoms with Crippen LogP contribution in [-0.4, -0.2) is 12.6 Å². The first-order valence-electron chi connectivity index (χ1n) is 6.77. The van der Waals surface area contributed by atoms with Gasteiger partial charge in [-0.05, 0) is 37.4 Å². The van der Waals surface area contributed by atoms with Gasteiger partial charge in [0.1, 0.15) is 11.6 Å². The third-order valence-corrected chi connectivity index (χ3v) is 2.94. The minimum absolute atomic E-state index is 0.420. The van der Waals surface area contributed by atoms with E-state index in [0.717, 1.165) is 38.3 Å². The Bertz CT molecular complexity index is 350. The van der Waals surface area contributed by atoms with Crippen LogP contribution in [0.5, 0.6) is 0 Å². The van der Waals surface area contributed by atoms with Gasteiger partial charge in [-0.15, -0.1) is 0 Å². The Balaban J connectivity index is 2.11. The summed E-state index contributed by atoms with van der Waals surface area (Å²) in [6.07, 6.45) is 5.07. The molecule has 0 heterocycles. The maximum Gasteiger partial charge on any atom is 0.129 e. The van der Waals surface area contributed by atoms with Crippen molar-refractivity contribution in [2.24, 2.45) is 0 Å². The summed E-state index contributed by atoms with van der Waals surface area (Å²) in [7, 11) is 0. The van der Waals surface area contributed by atoms with E-state index in [1.807, 2.05) is 0 Å². The van der Waals surface area contributed by atoms with Crippen molar-refractivity contribution < 1.29 is 8.78 Å². The predicted molar refractivity (Wildman–Crippen MR) is 71.7 cm³/mol. The van der Waals surface area contributed by atoms with Crippen molar-refractivity contribution in [2.75, 3.05) is 6.54 Å². The summed E-state index contributed by atoms with van der Waals surface area (Å²) >= 11 is 0. The van der Waals surface area contributed by atoms with Crippen LogP contribution >= 0.6 is 0 Å². The lowest BCUT2D eigenvalue weighted by Gasteiger charge is -2.07. The fourth-order valence-corrected chi connectivity index (χ4v) is 1.91. The van der Waals surface area contributed by atoms with Crippen LogP contribution in [0.1, 0.15) is 45.1 Å². The third-order valence-electron chi connectivity index (χ3n) is 2.94. The van der Waals surface area contributed by atoms with Crippen LogP contribution in [0.25, 0.3) is 0 Å². The first-order valence-corrected chi connectivity index (χ1v) is 6.77. The van der Waals surface area contributed by atoms with Crippen molar-refractivity contribution in [1.82, 2.24) is 5.32 Å². The number of hydrogen-bond acceptors (Lipinski definition) is 1. The van der Waals surface area contributed by atoms with E-state index in [9.17, 15) is 8.78 Å². The smallest absolute Gasteiger partial charge is 0.129 e. The lowest BCUT2D eigenvalue weighted by molar-refractivity contribution is 0.536. The van der Waals surface area contributed by atoms with Gasteiger partial charge in [-0.2, -0.15) is 0 Å². The van der Waals surface area contributed by atoms with Crippen molar-refractivity contribution in [3.05, 3.63) is 35.4 Å². The molecule has 0 fully saturated rings. The quantitative estimate of drug-likeness (QED) is 0.691. The second kappa shape index (κ2) is 8.20. The van der Waals surface area contributed by atoms with Gasteiger partial charge in [0, 0.05) is 12.1 Å². The van der Waals surface area contributed by atoms with Crippen molar-refractivity contribution in [1.29, 1.82) is 0 Å². The molecule has 0 aliphatic heterocycles. The molecule has 0 saturated carbocycles. The Kier molecular flexibility index (Phi) is 6.88. The monoisotopic (exact) mass is 255 g/mol. The molecule has 0 aliphatic rings. The van der Waals surface area contributed by atoms with E-state index in [4.69, 9.17) is 0 Å². The molecule has 0 bridgehead atoms. The minimum Gasteiger partial charge on any atom is -0.315 e. The largest absolute Gasteiger partial charge is 0.315 e. The molecule has 0 amide bonds. The first-order chi connectivity index (χ1) is 8.59. The molecule has 0 radical (unpaired) electrons. The standard InChI is InChI=1S/C15H23F2N/c1-12(2)18-10-6-4-3-5-7-13-8-9-14(16)11-15(13)17/h8-9,11-12,18H,3-7,10H2,1-2H3. The molecular formula is C15H23F2N. The number of rotatable bonds is 8. The molecule has 0 spiro atoms. The third kappa shape index (κ3) is 6.10. The summed E-state index contributed by atoms with van der Waals surface area (Å²) in [6, 6.07) is 4.37. The molecule has 1 nitrogen and oxygen atoms in total. The van der Waals surface area contributed by atoms with Crippen LogP contribution in [0.2, 0.25) is 0 Å². The second-order valence-electron chi connectivity index (χ2n) is 5.01. The lowest BCUT2D eigenvalue weighted by Crippen LogP contribution is -2.23. The number of aryl methyl sites for hydroxylation is 1. The van der Waals surface area contributed by atoms with E-state index in [1.54, 1.807) is 6.07 Å². The molecule has 102 valence electrons. The van der Waals surface area contributed by atoms with E-state index in [1.165, 1.54) is 6.07 Å². The van der Waals surface area contributed by atoms with Gasteiger partial charge in [-0.1, -0.05) is 32.8 Å². The van der Waals surface area contributed by atoms with Gasteiger partial charge in [0.15, 0.2) is 0 Å². The molecule has 0 saturated heterocycles. The molecule has 1 aromatic carbocycles. The highest BCUT2D eigenvalue weighted by atomic mass is 19.1. The Hall–Kier alpha value is -0.960. The Morgan fingerprint density at radius 1 is 1.06 bits per heavy atom. The fourth-order valence-electron chi connectivity index (χ4n) is 1.91. The Labute approximate surface area is 109 Å². The molecule has 1 N–H and O–H groups in total. The van der Waals surface area contributed by atoms with Crippen molar-refractivity contribution in [3.8, 4) is 0 Å². The highest BCUT2D eigenvalue weighted by Gasteiger charge is 2.03. The van der Waals surface area contributed by atoms with Crippen molar-refractivity contribution in [3.63, 3.8) is 0 Å².